The van der Waals surface area contributed by atoms with Crippen molar-refractivity contribution in [2.24, 2.45) is 0 Å². The molecule has 21 heavy (non-hydrogen) atoms. The summed E-state index contributed by atoms with van der Waals surface area (Å²) in [6.45, 7) is 11.2. The number of hydrogen-bond acceptors (Lipinski definition) is 4. The van der Waals surface area contributed by atoms with Gasteiger partial charge in [-0.2, -0.15) is 0 Å². The van der Waals surface area contributed by atoms with E-state index in [1.165, 1.54) is 0 Å². The highest BCUT2D eigenvalue weighted by molar-refractivity contribution is 5.75. The second-order valence-electron chi connectivity index (χ2n) is 6.65. The maximum Gasteiger partial charge on any atom is 0.117 e. The van der Waals surface area contributed by atoms with Crippen molar-refractivity contribution < 1.29 is 4.74 Å². The maximum absolute atomic E-state index is 5.71. The number of pyridine rings is 1. The van der Waals surface area contributed by atoms with Gasteiger partial charge in [-0.05, 0) is 33.4 Å². The molecular formula is C16H24N4O. The molecule has 2 unspecified atom stereocenters. The lowest BCUT2D eigenvalue weighted by Gasteiger charge is -2.28. The van der Waals surface area contributed by atoms with Gasteiger partial charge in [-0.25, -0.2) is 4.98 Å². The third kappa shape index (κ3) is 2.56. The SMILES string of the molecule is CCNC1COCC1c1nc2cnccc2n1C(C)(C)C. The van der Waals surface area contributed by atoms with E-state index in [9.17, 15) is 0 Å². The summed E-state index contributed by atoms with van der Waals surface area (Å²) < 4.78 is 8.05. The van der Waals surface area contributed by atoms with Crippen LogP contribution >= 0.6 is 0 Å². The fourth-order valence-corrected chi connectivity index (χ4v) is 3.18. The van der Waals surface area contributed by atoms with E-state index in [0.29, 0.717) is 6.04 Å². The normalized spacial score (nSPS) is 23.0. The highest BCUT2D eigenvalue weighted by Crippen LogP contribution is 2.32. The van der Waals surface area contributed by atoms with Crippen LogP contribution in [0.1, 0.15) is 39.4 Å². The van der Waals surface area contributed by atoms with E-state index in [4.69, 9.17) is 9.72 Å². The predicted molar refractivity (Wildman–Crippen MR) is 83.5 cm³/mol. The smallest absolute Gasteiger partial charge is 0.117 e. The fourth-order valence-electron chi connectivity index (χ4n) is 3.18. The summed E-state index contributed by atoms with van der Waals surface area (Å²) in [7, 11) is 0. The Balaban J connectivity index is 2.13. The molecule has 2 atom stereocenters. The summed E-state index contributed by atoms with van der Waals surface area (Å²) in [4.78, 5) is 9.08. The molecule has 0 radical (unpaired) electrons. The van der Waals surface area contributed by atoms with Crippen LogP contribution in [0.4, 0.5) is 0 Å². The van der Waals surface area contributed by atoms with Crippen LogP contribution in [0.15, 0.2) is 18.5 Å². The first-order chi connectivity index (χ1) is 10.0. The molecule has 0 bridgehead atoms. The summed E-state index contributed by atoms with van der Waals surface area (Å²) in [6, 6.07) is 2.38. The molecule has 5 heteroatoms. The Morgan fingerprint density at radius 2 is 2.19 bits per heavy atom. The standard InChI is InChI=1S/C16H24N4O/c1-5-18-13-10-21-9-11(13)15-19-12-8-17-7-6-14(12)20(15)16(2,3)4/h6-8,11,13,18H,5,9-10H2,1-4H3. The van der Waals surface area contributed by atoms with E-state index in [1.807, 2.05) is 12.4 Å². The van der Waals surface area contributed by atoms with Crippen molar-refractivity contribution in [1.29, 1.82) is 0 Å². The molecule has 0 amide bonds. The topological polar surface area (TPSA) is 52.0 Å². The molecule has 0 spiro atoms. The van der Waals surface area contributed by atoms with Crippen molar-refractivity contribution in [2.45, 2.75) is 45.2 Å². The predicted octanol–water partition coefficient (Wildman–Crippen LogP) is 2.28. The highest BCUT2D eigenvalue weighted by Gasteiger charge is 2.35. The van der Waals surface area contributed by atoms with Crippen molar-refractivity contribution >= 4 is 11.0 Å². The van der Waals surface area contributed by atoms with E-state index in [2.05, 4.69) is 48.6 Å². The van der Waals surface area contributed by atoms with Gasteiger partial charge in [0, 0.05) is 17.8 Å². The first kappa shape index (κ1) is 14.5. The largest absolute Gasteiger partial charge is 0.379 e. The molecular weight excluding hydrogens is 264 g/mol. The van der Waals surface area contributed by atoms with Crippen molar-refractivity contribution in [3.8, 4) is 0 Å². The van der Waals surface area contributed by atoms with Crippen LogP contribution in [-0.4, -0.2) is 40.3 Å². The van der Waals surface area contributed by atoms with Gasteiger partial charge in [0.2, 0.25) is 0 Å². The second kappa shape index (κ2) is 5.39. The number of fused-ring (bicyclic) bond motifs is 1. The van der Waals surface area contributed by atoms with Gasteiger partial charge in [-0.3, -0.25) is 4.98 Å². The molecule has 1 N–H and O–H groups in total. The number of imidazole rings is 1. The Morgan fingerprint density at radius 3 is 2.90 bits per heavy atom. The van der Waals surface area contributed by atoms with Gasteiger partial charge >= 0.3 is 0 Å². The van der Waals surface area contributed by atoms with Gasteiger partial charge in [-0.15, -0.1) is 0 Å². The van der Waals surface area contributed by atoms with Crippen LogP contribution in [0.25, 0.3) is 11.0 Å². The molecule has 3 rings (SSSR count). The lowest BCUT2D eigenvalue weighted by Crippen LogP contribution is -2.37. The summed E-state index contributed by atoms with van der Waals surface area (Å²) in [5.74, 6) is 1.39. The Kier molecular flexibility index (Phi) is 3.71. The minimum absolute atomic E-state index is 0.0230. The number of nitrogens with zero attached hydrogens (tertiary/aromatic N) is 3. The average Bonchev–Trinajstić information content (AvgIpc) is 3.01. The van der Waals surface area contributed by atoms with Gasteiger partial charge in [-0.1, -0.05) is 6.92 Å². The average molecular weight is 288 g/mol. The molecule has 1 fully saturated rings. The Morgan fingerprint density at radius 1 is 1.38 bits per heavy atom. The molecule has 114 valence electrons. The van der Waals surface area contributed by atoms with Crippen LogP contribution in [0.3, 0.4) is 0 Å². The van der Waals surface area contributed by atoms with Gasteiger partial charge in [0.15, 0.2) is 0 Å². The molecule has 3 heterocycles. The third-order valence-electron chi connectivity index (χ3n) is 4.03. The van der Waals surface area contributed by atoms with E-state index in [-0.39, 0.29) is 11.5 Å². The third-order valence-corrected chi connectivity index (χ3v) is 4.03. The zero-order valence-corrected chi connectivity index (χ0v) is 13.3. The van der Waals surface area contributed by atoms with Crippen LogP contribution < -0.4 is 5.32 Å². The van der Waals surface area contributed by atoms with Gasteiger partial charge < -0.3 is 14.6 Å². The minimum atomic E-state index is -0.0230. The van der Waals surface area contributed by atoms with Crippen LogP contribution in [0.2, 0.25) is 0 Å². The highest BCUT2D eigenvalue weighted by atomic mass is 16.5. The monoisotopic (exact) mass is 288 g/mol. The van der Waals surface area contributed by atoms with Crippen molar-refractivity contribution in [2.75, 3.05) is 19.8 Å². The number of rotatable bonds is 3. The van der Waals surface area contributed by atoms with Crippen molar-refractivity contribution in [3.63, 3.8) is 0 Å². The quantitative estimate of drug-likeness (QED) is 0.941. The Bertz CT molecular complexity index is 629. The molecule has 1 saturated heterocycles. The zero-order chi connectivity index (χ0) is 15.0. The van der Waals surface area contributed by atoms with Gasteiger partial charge in [0.1, 0.15) is 11.3 Å². The Hall–Kier alpha value is -1.46. The first-order valence-electron chi connectivity index (χ1n) is 7.66. The lowest BCUT2D eigenvalue weighted by molar-refractivity contribution is 0.186. The molecule has 0 aromatic carbocycles. The number of ether oxygens (including phenoxy) is 1. The first-order valence-corrected chi connectivity index (χ1v) is 7.66. The Labute approximate surface area is 125 Å². The molecule has 0 saturated carbocycles. The minimum Gasteiger partial charge on any atom is -0.379 e. The van der Waals surface area contributed by atoms with Crippen LogP contribution in [0, 0.1) is 0 Å². The maximum atomic E-state index is 5.71. The van der Waals surface area contributed by atoms with E-state index in [0.717, 1.165) is 36.6 Å². The summed E-state index contributed by atoms with van der Waals surface area (Å²) in [5.41, 5.74) is 2.09. The van der Waals surface area contributed by atoms with E-state index in [1.54, 1.807) is 0 Å². The number of likely N-dealkylation sites (N-methyl/N-ethyl adjacent to an activating group) is 1. The molecule has 0 aliphatic carbocycles. The fraction of sp³-hybridized carbons (Fsp3) is 0.625. The van der Waals surface area contributed by atoms with Gasteiger partial charge in [0.05, 0.1) is 30.8 Å². The number of aromatic nitrogens is 3. The lowest BCUT2D eigenvalue weighted by atomic mass is 10.0. The molecule has 1 aliphatic heterocycles. The molecule has 2 aromatic heterocycles. The number of nitrogens with one attached hydrogen (secondary N) is 1. The van der Waals surface area contributed by atoms with Crippen molar-refractivity contribution in [3.05, 3.63) is 24.3 Å². The van der Waals surface area contributed by atoms with E-state index >= 15 is 0 Å². The zero-order valence-electron chi connectivity index (χ0n) is 13.3. The molecule has 1 aliphatic rings. The summed E-state index contributed by atoms with van der Waals surface area (Å²) in [6.07, 6.45) is 3.68. The molecule has 2 aromatic rings. The number of hydrogen-bond donors (Lipinski definition) is 1. The van der Waals surface area contributed by atoms with Crippen LogP contribution in [0.5, 0.6) is 0 Å². The molecule has 5 nitrogen and oxygen atoms in total. The summed E-state index contributed by atoms with van der Waals surface area (Å²) in [5, 5.41) is 3.52. The summed E-state index contributed by atoms with van der Waals surface area (Å²) >= 11 is 0. The van der Waals surface area contributed by atoms with Crippen molar-refractivity contribution in [1.82, 2.24) is 19.9 Å². The van der Waals surface area contributed by atoms with Gasteiger partial charge in [0.25, 0.3) is 0 Å². The second-order valence-corrected chi connectivity index (χ2v) is 6.65. The van der Waals surface area contributed by atoms with E-state index < -0.39 is 0 Å². The van der Waals surface area contributed by atoms with Crippen LogP contribution in [-0.2, 0) is 10.3 Å².